The van der Waals surface area contributed by atoms with E-state index in [9.17, 15) is 4.79 Å². The second-order valence-electron chi connectivity index (χ2n) is 3.32. The summed E-state index contributed by atoms with van der Waals surface area (Å²) < 4.78 is 0. The predicted molar refractivity (Wildman–Crippen MR) is 59.5 cm³/mol. The molecule has 0 saturated heterocycles. The zero-order valence-corrected chi connectivity index (χ0v) is 8.68. The van der Waals surface area contributed by atoms with Crippen molar-refractivity contribution in [3.05, 3.63) is 47.5 Å². The molecule has 0 saturated carbocycles. The third-order valence-electron chi connectivity index (χ3n) is 2.22. The molecule has 3 heteroatoms. The van der Waals surface area contributed by atoms with Gasteiger partial charge in [-0.05, 0) is 17.5 Å². The standard InChI is InChI=1S/C12H15NO2/c1-2-9-3-5-10(6-4-9)11(13)7-8-12(14)15/h3-8,11H,2,13H2,1H3,(H,14,15)/b8-7+. The molecule has 1 rings (SSSR count). The van der Waals surface area contributed by atoms with E-state index in [1.165, 1.54) is 11.6 Å². The maximum atomic E-state index is 10.3. The van der Waals surface area contributed by atoms with Crippen LogP contribution in [0.4, 0.5) is 0 Å². The average molecular weight is 205 g/mol. The molecule has 1 aromatic carbocycles. The lowest BCUT2D eigenvalue weighted by Crippen LogP contribution is -2.07. The molecule has 0 aliphatic carbocycles. The fourth-order valence-corrected chi connectivity index (χ4v) is 1.27. The summed E-state index contributed by atoms with van der Waals surface area (Å²) in [7, 11) is 0. The van der Waals surface area contributed by atoms with Gasteiger partial charge < -0.3 is 10.8 Å². The summed E-state index contributed by atoms with van der Waals surface area (Å²) in [6.07, 6.45) is 3.53. The first-order valence-electron chi connectivity index (χ1n) is 4.89. The van der Waals surface area contributed by atoms with Crippen LogP contribution in [0.25, 0.3) is 0 Å². The van der Waals surface area contributed by atoms with E-state index in [0.29, 0.717) is 0 Å². The van der Waals surface area contributed by atoms with E-state index in [4.69, 9.17) is 10.8 Å². The van der Waals surface area contributed by atoms with Crippen LogP contribution in [0.2, 0.25) is 0 Å². The largest absolute Gasteiger partial charge is 0.478 e. The topological polar surface area (TPSA) is 63.3 Å². The lowest BCUT2D eigenvalue weighted by atomic mass is 10.0. The Balaban J connectivity index is 2.74. The van der Waals surface area contributed by atoms with Crippen LogP contribution in [0.5, 0.6) is 0 Å². The molecule has 0 aliphatic heterocycles. The molecule has 0 amide bonds. The van der Waals surface area contributed by atoms with Gasteiger partial charge in [-0.2, -0.15) is 0 Å². The smallest absolute Gasteiger partial charge is 0.328 e. The molecule has 80 valence electrons. The van der Waals surface area contributed by atoms with E-state index >= 15 is 0 Å². The molecule has 0 aliphatic rings. The summed E-state index contributed by atoms with van der Waals surface area (Å²) in [6, 6.07) is 7.51. The van der Waals surface area contributed by atoms with Gasteiger partial charge in [0.05, 0.1) is 0 Å². The van der Waals surface area contributed by atoms with Crippen molar-refractivity contribution in [1.29, 1.82) is 0 Å². The molecule has 3 nitrogen and oxygen atoms in total. The third-order valence-corrected chi connectivity index (χ3v) is 2.22. The van der Waals surface area contributed by atoms with Crippen LogP contribution in [-0.2, 0) is 11.2 Å². The minimum Gasteiger partial charge on any atom is -0.478 e. The molecule has 0 spiro atoms. The number of rotatable bonds is 4. The van der Waals surface area contributed by atoms with Crippen molar-refractivity contribution < 1.29 is 9.90 Å². The van der Waals surface area contributed by atoms with Crippen LogP contribution in [0.1, 0.15) is 24.1 Å². The van der Waals surface area contributed by atoms with Crippen molar-refractivity contribution >= 4 is 5.97 Å². The Hall–Kier alpha value is -1.61. The van der Waals surface area contributed by atoms with Crippen molar-refractivity contribution in [3.63, 3.8) is 0 Å². The van der Waals surface area contributed by atoms with Crippen LogP contribution in [0, 0.1) is 0 Å². The van der Waals surface area contributed by atoms with Gasteiger partial charge in [-0.15, -0.1) is 0 Å². The summed E-state index contributed by atoms with van der Waals surface area (Å²) in [5, 5.41) is 8.45. The minimum absolute atomic E-state index is 0.355. The number of carboxylic acids is 1. The maximum Gasteiger partial charge on any atom is 0.328 e. The SMILES string of the molecule is CCc1ccc(C(N)/C=C/C(=O)O)cc1. The van der Waals surface area contributed by atoms with Crippen molar-refractivity contribution in [3.8, 4) is 0 Å². The highest BCUT2D eigenvalue weighted by Crippen LogP contribution is 2.13. The van der Waals surface area contributed by atoms with Gasteiger partial charge in [-0.3, -0.25) is 0 Å². The predicted octanol–water partition coefficient (Wildman–Crippen LogP) is 1.89. The summed E-state index contributed by atoms with van der Waals surface area (Å²) in [6.45, 7) is 2.08. The lowest BCUT2D eigenvalue weighted by molar-refractivity contribution is -0.131. The van der Waals surface area contributed by atoms with Crippen LogP contribution in [0.3, 0.4) is 0 Å². The second-order valence-corrected chi connectivity index (χ2v) is 3.32. The van der Waals surface area contributed by atoms with Crippen molar-refractivity contribution in [2.24, 2.45) is 5.73 Å². The number of carbonyl (C=O) groups is 1. The van der Waals surface area contributed by atoms with Gasteiger partial charge in [0.25, 0.3) is 0 Å². The quantitative estimate of drug-likeness (QED) is 0.738. The van der Waals surface area contributed by atoms with Crippen molar-refractivity contribution in [2.45, 2.75) is 19.4 Å². The number of nitrogens with two attached hydrogens (primary N) is 1. The van der Waals surface area contributed by atoms with Crippen LogP contribution < -0.4 is 5.73 Å². The van der Waals surface area contributed by atoms with Gasteiger partial charge in [0.15, 0.2) is 0 Å². The molecule has 0 aromatic heterocycles. The van der Waals surface area contributed by atoms with Crippen LogP contribution in [0.15, 0.2) is 36.4 Å². The van der Waals surface area contributed by atoms with Gasteiger partial charge in [0, 0.05) is 12.1 Å². The molecule has 3 N–H and O–H groups in total. The molecule has 0 radical (unpaired) electrons. The van der Waals surface area contributed by atoms with Gasteiger partial charge in [-0.25, -0.2) is 4.79 Å². The number of aryl methyl sites for hydroxylation is 1. The van der Waals surface area contributed by atoms with Gasteiger partial charge in [0.2, 0.25) is 0 Å². The highest BCUT2D eigenvalue weighted by molar-refractivity contribution is 5.79. The van der Waals surface area contributed by atoms with E-state index in [2.05, 4.69) is 6.92 Å². The summed E-state index contributed by atoms with van der Waals surface area (Å²) >= 11 is 0. The fourth-order valence-electron chi connectivity index (χ4n) is 1.27. The van der Waals surface area contributed by atoms with E-state index < -0.39 is 5.97 Å². The van der Waals surface area contributed by atoms with E-state index in [0.717, 1.165) is 18.1 Å². The highest BCUT2D eigenvalue weighted by Gasteiger charge is 2.01. The summed E-state index contributed by atoms with van der Waals surface area (Å²) in [5.41, 5.74) is 7.95. The first-order valence-corrected chi connectivity index (χ1v) is 4.89. The molecule has 1 aromatic rings. The van der Waals surface area contributed by atoms with E-state index in [1.54, 1.807) is 0 Å². The number of hydrogen-bond acceptors (Lipinski definition) is 2. The Labute approximate surface area is 89.2 Å². The molecule has 0 fully saturated rings. The number of benzene rings is 1. The normalized spacial score (nSPS) is 12.9. The Morgan fingerprint density at radius 1 is 1.47 bits per heavy atom. The van der Waals surface area contributed by atoms with E-state index in [1.807, 2.05) is 24.3 Å². The van der Waals surface area contributed by atoms with Crippen molar-refractivity contribution in [2.75, 3.05) is 0 Å². The van der Waals surface area contributed by atoms with Gasteiger partial charge >= 0.3 is 5.97 Å². The Kier molecular flexibility index (Phi) is 4.06. The second kappa shape index (κ2) is 5.32. The lowest BCUT2D eigenvalue weighted by Gasteiger charge is -2.07. The van der Waals surface area contributed by atoms with Crippen LogP contribution >= 0.6 is 0 Å². The molecule has 0 heterocycles. The monoisotopic (exact) mass is 205 g/mol. The zero-order valence-electron chi connectivity index (χ0n) is 8.68. The first kappa shape index (κ1) is 11.5. The van der Waals surface area contributed by atoms with Gasteiger partial charge in [-0.1, -0.05) is 37.3 Å². The van der Waals surface area contributed by atoms with Crippen molar-refractivity contribution in [1.82, 2.24) is 0 Å². The Morgan fingerprint density at radius 2 is 2.07 bits per heavy atom. The number of aliphatic carboxylic acids is 1. The van der Waals surface area contributed by atoms with E-state index in [-0.39, 0.29) is 6.04 Å². The fraction of sp³-hybridized carbons (Fsp3) is 0.250. The zero-order chi connectivity index (χ0) is 11.3. The molecule has 0 bridgehead atoms. The number of carboxylic acid groups (broad SMARTS) is 1. The van der Waals surface area contributed by atoms with Crippen LogP contribution in [-0.4, -0.2) is 11.1 Å². The molecule has 1 unspecified atom stereocenters. The minimum atomic E-state index is -0.976. The summed E-state index contributed by atoms with van der Waals surface area (Å²) in [4.78, 5) is 10.3. The highest BCUT2D eigenvalue weighted by atomic mass is 16.4. The third kappa shape index (κ3) is 3.56. The average Bonchev–Trinajstić information content (AvgIpc) is 2.26. The molecular formula is C12H15NO2. The Morgan fingerprint density at radius 3 is 2.53 bits per heavy atom. The molecule has 1 atom stereocenters. The maximum absolute atomic E-state index is 10.3. The first-order chi connectivity index (χ1) is 7.13. The number of hydrogen-bond donors (Lipinski definition) is 2. The molecular weight excluding hydrogens is 190 g/mol. The Bertz CT molecular complexity index is 354. The molecule has 15 heavy (non-hydrogen) atoms. The van der Waals surface area contributed by atoms with Gasteiger partial charge in [0.1, 0.15) is 0 Å². The summed E-state index contributed by atoms with van der Waals surface area (Å²) in [5.74, 6) is -0.976.